The minimum Gasteiger partial charge on any atom is -0.460 e. The largest absolute Gasteiger partial charge is 0.460 e. The first-order valence-electron chi connectivity index (χ1n) is 7.00. The fourth-order valence-electron chi connectivity index (χ4n) is 1.99. The Hall–Kier alpha value is -1.31. The zero-order valence-electron chi connectivity index (χ0n) is 13.0. The summed E-state index contributed by atoms with van der Waals surface area (Å²) in [6.45, 7) is 12.0. The fourth-order valence-corrected chi connectivity index (χ4v) is 1.99. The van der Waals surface area contributed by atoms with E-state index in [1.807, 2.05) is 39.8 Å². The summed E-state index contributed by atoms with van der Waals surface area (Å²) < 4.78 is 5.44. The lowest BCUT2D eigenvalue weighted by atomic mass is 9.95. The molecule has 0 saturated heterocycles. The van der Waals surface area contributed by atoms with E-state index in [0.29, 0.717) is 5.92 Å². The molecule has 0 N–H and O–H groups in total. The van der Waals surface area contributed by atoms with Crippen LogP contribution in [0, 0.1) is 5.92 Å². The van der Waals surface area contributed by atoms with Gasteiger partial charge in [0.2, 0.25) is 0 Å². The minimum absolute atomic E-state index is 0.158. The maximum Gasteiger partial charge on any atom is 0.313 e. The van der Waals surface area contributed by atoms with E-state index in [1.165, 1.54) is 5.56 Å². The molecule has 0 amide bonds. The number of ether oxygens (including phenoxy) is 1. The van der Waals surface area contributed by atoms with Gasteiger partial charge in [0, 0.05) is 0 Å². The summed E-state index contributed by atoms with van der Waals surface area (Å²) in [6, 6.07) is 8.26. The van der Waals surface area contributed by atoms with Crippen molar-refractivity contribution in [2.24, 2.45) is 5.92 Å². The van der Waals surface area contributed by atoms with Crippen LogP contribution in [0.5, 0.6) is 0 Å². The van der Waals surface area contributed by atoms with Gasteiger partial charge in [-0.3, -0.25) is 4.79 Å². The topological polar surface area (TPSA) is 26.3 Å². The van der Waals surface area contributed by atoms with Crippen LogP contribution in [0.2, 0.25) is 0 Å². The minimum atomic E-state index is -0.430. The van der Waals surface area contributed by atoms with E-state index in [0.717, 1.165) is 12.0 Å². The molecule has 0 aliphatic rings. The van der Waals surface area contributed by atoms with E-state index >= 15 is 0 Å². The van der Waals surface area contributed by atoms with Gasteiger partial charge in [-0.25, -0.2) is 0 Å². The molecular formula is C17H26O2. The van der Waals surface area contributed by atoms with Crippen molar-refractivity contribution in [2.75, 3.05) is 0 Å². The lowest BCUT2D eigenvalue weighted by Crippen LogP contribution is -2.26. The van der Waals surface area contributed by atoms with Crippen LogP contribution in [-0.4, -0.2) is 11.6 Å². The smallest absolute Gasteiger partial charge is 0.313 e. The lowest BCUT2D eigenvalue weighted by Gasteiger charge is -2.22. The maximum atomic E-state index is 12.1. The fraction of sp³-hybridized carbons (Fsp3) is 0.588. The van der Waals surface area contributed by atoms with Crippen molar-refractivity contribution in [1.82, 2.24) is 0 Å². The van der Waals surface area contributed by atoms with E-state index in [1.54, 1.807) is 0 Å². The predicted octanol–water partition coefficient (Wildman–Crippen LogP) is 4.33. The highest BCUT2D eigenvalue weighted by atomic mass is 16.6. The van der Waals surface area contributed by atoms with Gasteiger partial charge in [-0.05, 0) is 51.2 Å². The van der Waals surface area contributed by atoms with Gasteiger partial charge in [0.05, 0.1) is 5.92 Å². The first kappa shape index (κ1) is 15.7. The number of carbonyl (C=O) groups excluding carboxylic acids is 1. The van der Waals surface area contributed by atoms with Gasteiger partial charge in [0.25, 0.3) is 0 Å². The molecule has 0 spiro atoms. The van der Waals surface area contributed by atoms with Crippen molar-refractivity contribution >= 4 is 5.97 Å². The van der Waals surface area contributed by atoms with Gasteiger partial charge in [0.1, 0.15) is 5.60 Å². The molecule has 0 aliphatic carbocycles. The van der Waals surface area contributed by atoms with Crippen molar-refractivity contribution in [1.29, 1.82) is 0 Å². The van der Waals surface area contributed by atoms with Gasteiger partial charge >= 0.3 is 5.97 Å². The van der Waals surface area contributed by atoms with Crippen molar-refractivity contribution in [3.8, 4) is 0 Å². The van der Waals surface area contributed by atoms with Crippen molar-refractivity contribution < 1.29 is 9.53 Å². The van der Waals surface area contributed by atoms with Crippen molar-refractivity contribution in [3.63, 3.8) is 0 Å². The van der Waals surface area contributed by atoms with E-state index < -0.39 is 5.60 Å². The van der Waals surface area contributed by atoms with E-state index in [2.05, 4.69) is 26.0 Å². The van der Waals surface area contributed by atoms with Crippen molar-refractivity contribution in [3.05, 3.63) is 35.4 Å². The molecule has 106 valence electrons. The predicted molar refractivity (Wildman–Crippen MR) is 79.2 cm³/mol. The molecular weight excluding hydrogens is 236 g/mol. The summed E-state index contributed by atoms with van der Waals surface area (Å²) in [4.78, 5) is 12.1. The second-order valence-corrected chi connectivity index (χ2v) is 6.60. The number of benzene rings is 1. The third kappa shape index (κ3) is 5.46. The standard InChI is InChI=1S/C17H26O2/c1-12(2)10-14-8-7-9-15(11-14)13(3)16(18)19-17(4,5)6/h7-9,11-13H,10H2,1-6H3. The lowest BCUT2D eigenvalue weighted by molar-refractivity contribution is -0.156. The van der Waals surface area contributed by atoms with Crippen LogP contribution in [0.1, 0.15) is 58.6 Å². The van der Waals surface area contributed by atoms with Gasteiger partial charge in [0.15, 0.2) is 0 Å². The summed E-state index contributed by atoms with van der Waals surface area (Å²) >= 11 is 0. The molecule has 0 fully saturated rings. The second kappa shape index (κ2) is 6.23. The van der Waals surface area contributed by atoms with Crippen LogP contribution in [0.4, 0.5) is 0 Å². The highest BCUT2D eigenvalue weighted by Crippen LogP contribution is 2.22. The molecule has 0 bridgehead atoms. The highest BCUT2D eigenvalue weighted by Gasteiger charge is 2.23. The number of hydrogen-bond acceptors (Lipinski definition) is 2. The molecule has 0 heterocycles. The SMILES string of the molecule is CC(C)Cc1cccc(C(C)C(=O)OC(C)(C)C)c1. The normalized spacial score (nSPS) is 13.4. The Kier molecular flexibility index (Phi) is 5.16. The highest BCUT2D eigenvalue weighted by molar-refractivity contribution is 5.78. The first-order valence-corrected chi connectivity index (χ1v) is 7.00. The van der Waals surface area contributed by atoms with Gasteiger partial charge in [-0.2, -0.15) is 0 Å². The Morgan fingerprint density at radius 3 is 2.37 bits per heavy atom. The van der Waals surface area contributed by atoms with E-state index in [-0.39, 0.29) is 11.9 Å². The van der Waals surface area contributed by atoms with Gasteiger partial charge < -0.3 is 4.74 Å². The molecule has 1 unspecified atom stereocenters. The second-order valence-electron chi connectivity index (χ2n) is 6.60. The first-order chi connectivity index (χ1) is 8.69. The van der Waals surface area contributed by atoms with Crippen LogP contribution in [0.25, 0.3) is 0 Å². The van der Waals surface area contributed by atoms with Crippen LogP contribution < -0.4 is 0 Å². The van der Waals surface area contributed by atoms with Gasteiger partial charge in [-0.1, -0.05) is 38.1 Å². The Labute approximate surface area is 117 Å². The van der Waals surface area contributed by atoms with Gasteiger partial charge in [-0.15, -0.1) is 0 Å². The molecule has 0 saturated carbocycles. The van der Waals surface area contributed by atoms with Crippen LogP contribution in [0.3, 0.4) is 0 Å². The summed E-state index contributed by atoms with van der Waals surface area (Å²) in [5.74, 6) is 0.243. The summed E-state index contributed by atoms with van der Waals surface area (Å²) in [7, 11) is 0. The molecule has 1 aromatic carbocycles. The molecule has 2 nitrogen and oxygen atoms in total. The number of carbonyl (C=O) groups is 1. The molecule has 0 aliphatic heterocycles. The van der Waals surface area contributed by atoms with Crippen LogP contribution in [-0.2, 0) is 16.0 Å². The number of esters is 1. The Morgan fingerprint density at radius 1 is 1.21 bits per heavy atom. The molecule has 1 aromatic rings. The zero-order valence-corrected chi connectivity index (χ0v) is 13.0. The van der Waals surface area contributed by atoms with Crippen molar-refractivity contribution in [2.45, 2.75) is 59.5 Å². The maximum absolute atomic E-state index is 12.1. The van der Waals surface area contributed by atoms with E-state index in [9.17, 15) is 4.79 Å². The van der Waals surface area contributed by atoms with Crippen LogP contribution in [0.15, 0.2) is 24.3 Å². The summed E-state index contributed by atoms with van der Waals surface area (Å²) in [6.07, 6.45) is 1.04. The summed E-state index contributed by atoms with van der Waals surface area (Å²) in [5, 5.41) is 0. The zero-order chi connectivity index (χ0) is 14.6. The summed E-state index contributed by atoms with van der Waals surface area (Å²) in [5.41, 5.74) is 1.89. The monoisotopic (exact) mass is 262 g/mol. The Morgan fingerprint density at radius 2 is 1.84 bits per heavy atom. The number of hydrogen-bond donors (Lipinski definition) is 0. The third-order valence-electron chi connectivity index (χ3n) is 2.86. The van der Waals surface area contributed by atoms with E-state index in [4.69, 9.17) is 4.74 Å². The Bertz CT molecular complexity index is 427. The molecule has 1 atom stereocenters. The quantitative estimate of drug-likeness (QED) is 0.755. The molecule has 2 heteroatoms. The number of rotatable bonds is 4. The third-order valence-corrected chi connectivity index (χ3v) is 2.86. The molecule has 0 radical (unpaired) electrons. The molecule has 19 heavy (non-hydrogen) atoms. The molecule has 1 rings (SSSR count). The van der Waals surface area contributed by atoms with Crippen LogP contribution >= 0.6 is 0 Å². The average Bonchev–Trinajstić information content (AvgIpc) is 2.25. The average molecular weight is 262 g/mol. The Balaban J connectivity index is 2.82. The molecule has 0 aromatic heterocycles.